The Hall–Kier alpha value is -2.67. The van der Waals surface area contributed by atoms with Crippen LogP contribution in [0.1, 0.15) is 24.8 Å². The van der Waals surface area contributed by atoms with Crippen molar-refractivity contribution >= 4 is 25.0 Å². The van der Waals surface area contributed by atoms with E-state index in [4.69, 9.17) is 13.8 Å². The van der Waals surface area contributed by atoms with Crippen molar-refractivity contribution in [1.29, 1.82) is 0 Å². The van der Waals surface area contributed by atoms with Crippen LogP contribution in [-0.2, 0) is 29.8 Å². The average molecular weight is 459 g/mol. The van der Waals surface area contributed by atoms with Gasteiger partial charge in [0.1, 0.15) is 12.5 Å². The summed E-state index contributed by atoms with van der Waals surface area (Å²) >= 11 is 0. The maximum absolute atomic E-state index is 13.4. The fourth-order valence-corrected chi connectivity index (χ4v) is 6.20. The summed E-state index contributed by atoms with van der Waals surface area (Å²) in [6, 6.07) is 16.9. The lowest BCUT2D eigenvalue weighted by atomic mass is 9.88. The zero-order valence-corrected chi connectivity index (χ0v) is 18.6. The Labute approximate surface area is 186 Å². The third-order valence-corrected chi connectivity index (χ3v) is 8.11. The van der Waals surface area contributed by atoms with Crippen LogP contribution in [0, 0.1) is 5.92 Å². The molecule has 2 aliphatic heterocycles. The fraction of sp³-hybridized carbons (Fsp3) is 0.391. The molecule has 32 heavy (non-hydrogen) atoms. The van der Waals surface area contributed by atoms with Gasteiger partial charge in [-0.25, -0.2) is 4.79 Å². The molecule has 1 amide bonds. The van der Waals surface area contributed by atoms with E-state index in [1.54, 1.807) is 30.3 Å². The molecule has 0 spiro atoms. The van der Waals surface area contributed by atoms with Crippen LogP contribution in [0.15, 0.2) is 60.7 Å². The second-order valence-corrected chi connectivity index (χ2v) is 10.1. The largest absolute Gasteiger partial charge is 0.481 e. The maximum atomic E-state index is 13.4. The highest BCUT2D eigenvalue weighted by atomic mass is 31.2. The Morgan fingerprint density at radius 1 is 1.06 bits per heavy atom. The molecular formula is C23H26NO7P. The van der Waals surface area contributed by atoms with Gasteiger partial charge in [0.25, 0.3) is 0 Å². The number of aliphatic carboxylic acids is 1. The van der Waals surface area contributed by atoms with Crippen LogP contribution in [0.5, 0.6) is 0 Å². The average Bonchev–Trinajstić information content (AvgIpc) is 3.12. The van der Waals surface area contributed by atoms with E-state index in [9.17, 15) is 19.3 Å². The van der Waals surface area contributed by atoms with Crippen LogP contribution in [0.25, 0.3) is 0 Å². The second-order valence-electron chi connectivity index (χ2n) is 8.01. The summed E-state index contributed by atoms with van der Waals surface area (Å²) < 4.78 is 30.0. The molecule has 9 heteroatoms. The Bertz CT molecular complexity index is 1000. The number of rotatable bonds is 7. The summed E-state index contributed by atoms with van der Waals surface area (Å²) in [4.78, 5) is 26.6. The first-order chi connectivity index (χ1) is 15.4. The standard InChI is InChI=1S/C23H26NO7P/c1-29-32(28,18-10-6-3-7-11-18)31-20-14-17-12-13-19(21(20)22(25)26)24(17)23(27)30-15-16-8-4-2-5-9-16/h2-11,17,19-21H,12-15H2,1H3,(H,25,26)/t17-,19+,20-,21+,32?/m0/s1. The third kappa shape index (κ3) is 4.44. The van der Waals surface area contributed by atoms with Crippen LogP contribution < -0.4 is 5.30 Å². The maximum Gasteiger partial charge on any atom is 0.410 e. The molecule has 1 unspecified atom stereocenters. The molecule has 2 heterocycles. The van der Waals surface area contributed by atoms with Gasteiger partial charge in [-0.3, -0.25) is 9.36 Å². The molecule has 1 N–H and O–H groups in total. The molecule has 2 bridgehead atoms. The van der Waals surface area contributed by atoms with Crippen LogP contribution >= 0.6 is 7.60 Å². The Kier molecular flexibility index (Phi) is 6.65. The molecule has 0 saturated carbocycles. The van der Waals surface area contributed by atoms with Gasteiger partial charge in [0.2, 0.25) is 0 Å². The molecule has 5 atom stereocenters. The molecule has 4 rings (SSSR count). The predicted octanol–water partition coefficient (Wildman–Crippen LogP) is 3.81. The first kappa shape index (κ1) is 22.5. The van der Waals surface area contributed by atoms with Gasteiger partial charge in [0.05, 0.1) is 17.5 Å². The van der Waals surface area contributed by atoms with E-state index in [0.29, 0.717) is 18.1 Å². The van der Waals surface area contributed by atoms with Gasteiger partial charge >= 0.3 is 19.7 Å². The highest BCUT2D eigenvalue weighted by Crippen LogP contribution is 2.52. The molecule has 2 aromatic carbocycles. The molecule has 0 radical (unpaired) electrons. The first-order valence-corrected chi connectivity index (χ1v) is 12.1. The molecule has 8 nitrogen and oxygen atoms in total. The van der Waals surface area contributed by atoms with Crippen molar-refractivity contribution < 1.29 is 33.0 Å². The van der Waals surface area contributed by atoms with E-state index in [2.05, 4.69) is 0 Å². The van der Waals surface area contributed by atoms with Gasteiger partial charge in [-0.1, -0.05) is 48.5 Å². The summed E-state index contributed by atoms with van der Waals surface area (Å²) in [5, 5.41) is 10.4. The molecule has 170 valence electrons. The fourth-order valence-electron chi connectivity index (χ4n) is 4.67. The van der Waals surface area contributed by atoms with Crippen molar-refractivity contribution in [2.24, 2.45) is 5.92 Å². The van der Waals surface area contributed by atoms with E-state index in [1.165, 1.54) is 12.0 Å². The molecule has 2 saturated heterocycles. The number of amides is 1. The SMILES string of the molecule is COP(=O)(O[C@H]1C[C@@H]2CC[C@H]([C@H]1C(=O)O)N2C(=O)OCc1ccccc1)c1ccccc1. The summed E-state index contributed by atoms with van der Waals surface area (Å²) in [6.45, 7) is 0.111. The van der Waals surface area contributed by atoms with Gasteiger partial charge in [-0.2, -0.15) is 0 Å². The molecule has 2 aliphatic rings. The van der Waals surface area contributed by atoms with Crippen LogP contribution in [-0.4, -0.2) is 47.4 Å². The van der Waals surface area contributed by atoms with E-state index < -0.39 is 37.7 Å². The van der Waals surface area contributed by atoms with Gasteiger partial charge in [-0.15, -0.1) is 0 Å². The molecule has 2 aromatic rings. The molecule has 0 aromatic heterocycles. The van der Waals surface area contributed by atoms with Crippen molar-refractivity contribution in [2.45, 2.75) is 44.1 Å². The van der Waals surface area contributed by atoms with Gasteiger partial charge in [0.15, 0.2) is 0 Å². The number of hydrogen-bond acceptors (Lipinski definition) is 6. The highest BCUT2D eigenvalue weighted by molar-refractivity contribution is 7.62. The number of hydrogen-bond donors (Lipinski definition) is 1. The number of ether oxygens (including phenoxy) is 1. The number of benzene rings is 2. The third-order valence-electron chi connectivity index (χ3n) is 6.15. The minimum absolute atomic E-state index is 0.111. The van der Waals surface area contributed by atoms with E-state index >= 15 is 0 Å². The number of nitrogens with zero attached hydrogens (tertiary/aromatic N) is 1. The van der Waals surface area contributed by atoms with E-state index in [0.717, 1.165) is 5.56 Å². The highest BCUT2D eigenvalue weighted by Gasteiger charge is 2.54. The summed E-state index contributed by atoms with van der Waals surface area (Å²) in [6.07, 6.45) is 0.00826. The minimum Gasteiger partial charge on any atom is -0.481 e. The zero-order valence-electron chi connectivity index (χ0n) is 17.7. The normalized spacial score (nSPS) is 26.3. The van der Waals surface area contributed by atoms with E-state index in [-0.39, 0.29) is 19.1 Å². The Morgan fingerprint density at radius 2 is 1.72 bits per heavy atom. The predicted molar refractivity (Wildman–Crippen MR) is 117 cm³/mol. The van der Waals surface area contributed by atoms with Crippen molar-refractivity contribution in [3.8, 4) is 0 Å². The van der Waals surface area contributed by atoms with Crippen LogP contribution in [0.4, 0.5) is 4.79 Å². The first-order valence-electron chi connectivity index (χ1n) is 10.5. The van der Waals surface area contributed by atoms with Crippen molar-refractivity contribution in [3.63, 3.8) is 0 Å². The lowest BCUT2D eigenvalue weighted by molar-refractivity contribution is -0.150. The topological polar surface area (TPSA) is 102 Å². The lowest BCUT2D eigenvalue weighted by Gasteiger charge is -2.42. The van der Waals surface area contributed by atoms with Crippen molar-refractivity contribution in [1.82, 2.24) is 4.90 Å². The number of carbonyl (C=O) groups excluding carboxylic acids is 1. The Balaban J connectivity index is 1.52. The quantitative estimate of drug-likeness (QED) is 0.628. The molecular weight excluding hydrogens is 433 g/mol. The molecule has 2 fully saturated rings. The number of fused-ring (bicyclic) bond motifs is 2. The van der Waals surface area contributed by atoms with Gasteiger partial charge < -0.3 is 23.8 Å². The summed E-state index contributed by atoms with van der Waals surface area (Å²) in [5.74, 6) is -2.14. The molecule has 0 aliphatic carbocycles. The number of carboxylic acids is 1. The van der Waals surface area contributed by atoms with E-state index in [1.807, 2.05) is 30.3 Å². The number of carboxylic acid groups (broad SMARTS) is 1. The minimum atomic E-state index is -3.72. The lowest BCUT2D eigenvalue weighted by Crippen LogP contribution is -2.56. The van der Waals surface area contributed by atoms with Crippen LogP contribution in [0.3, 0.4) is 0 Å². The smallest absolute Gasteiger partial charge is 0.410 e. The monoisotopic (exact) mass is 459 g/mol. The van der Waals surface area contributed by atoms with Gasteiger partial charge in [-0.05, 0) is 37.0 Å². The summed E-state index contributed by atoms with van der Waals surface area (Å²) in [7, 11) is -2.43. The van der Waals surface area contributed by atoms with Gasteiger partial charge in [0, 0.05) is 13.2 Å². The zero-order chi connectivity index (χ0) is 22.7. The van der Waals surface area contributed by atoms with Crippen LogP contribution in [0.2, 0.25) is 0 Å². The van der Waals surface area contributed by atoms with Crippen molar-refractivity contribution in [3.05, 3.63) is 66.2 Å². The second kappa shape index (κ2) is 9.45. The summed E-state index contributed by atoms with van der Waals surface area (Å²) in [5.41, 5.74) is 0.852. The number of carbonyl (C=O) groups is 2. The Morgan fingerprint density at radius 3 is 2.34 bits per heavy atom. The number of piperidine rings is 1. The van der Waals surface area contributed by atoms with Crippen molar-refractivity contribution in [2.75, 3.05) is 7.11 Å².